The molecule has 0 spiro atoms. The summed E-state index contributed by atoms with van der Waals surface area (Å²) in [5.74, 6) is -0.136. The van der Waals surface area contributed by atoms with Crippen molar-refractivity contribution in [2.75, 3.05) is 13.7 Å². The Morgan fingerprint density at radius 3 is 2.87 bits per heavy atom. The minimum Gasteiger partial charge on any atom is -0.480 e. The maximum Gasteiger partial charge on any atom is 0.323 e. The van der Waals surface area contributed by atoms with Crippen molar-refractivity contribution in [3.05, 3.63) is 0 Å². The largest absolute Gasteiger partial charge is 0.480 e. The smallest absolute Gasteiger partial charge is 0.323 e. The molecule has 3 unspecified atom stereocenters. The maximum absolute atomic E-state index is 10.7. The van der Waals surface area contributed by atoms with Crippen LogP contribution in [0, 0.1) is 5.92 Å². The number of rotatable bonds is 5. The van der Waals surface area contributed by atoms with Gasteiger partial charge in [-0.2, -0.15) is 0 Å². The lowest BCUT2D eigenvalue weighted by molar-refractivity contribution is -0.141. The third kappa shape index (κ3) is 4.18. The molecule has 0 aliphatic heterocycles. The van der Waals surface area contributed by atoms with E-state index in [0.717, 1.165) is 12.8 Å². The molecule has 1 rings (SSSR count). The van der Waals surface area contributed by atoms with Gasteiger partial charge in [0.15, 0.2) is 0 Å². The van der Waals surface area contributed by atoms with Crippen molar-refractivity contribution >= 4 is 5.97 Å². The van der Waals surface area contributed by atoms with Crippen LogP contribution in [-0.2, 0) is 9.53 Å². The summed E-state index contributed by atoms with van der Waals surface area (Å²) in [5, 5.41) is 11.5. The third-order valence-corrected chi connectivity index (χ3v) is 3.03. The molecule has 1 aliphatic carbocycles. The summed E-state index contributed by atoms with van der Waals surface area (Å²) in [5.41, 5.74) is 0. The fourth-order valence-corrected chi connectivity index (χ4v) is 2.04. The number of carbonyl (C=O) groups is 1. The zero-order valence-corrected chi connectivity index (χ0v) is 9.53. The van der Waals surface area contributed by atoms with Crippen LogP contribution >= 0.6 is 0 Å². The van der Waals surface area contributed by atoms with Gasteiger partial charge in [-0.25, -0.2) is 0 Å². The van der Waals surface area contributed by atoms with E-state index >= 15 is 0 Å². The molecule has 0 aromatic rings. The Balaban J connectivity index is 2.26. The van der Waals surface area contributed by atoms with E-state index in [4.69, 9.17) is 9.84 Å². The SMILES string of the molecule is CNC(COC1CCCC(C)C1)C(=O)O. The molecule has 0 aromatic heterocycles. The fraction of sp³-hybridized carbons (Fsp3) is 0.909. The Morgan fingerprint density at radius 1 is 1.60 bits per heavy atom. The Hall–Kier alpha value is -0.610. The molecule has 4 nitrogen and oxygen atoms in total. The topological polar surface area (TPSA) is 58.6 Å². The van der Waals surface area contributed by atoms with Gasteiger partial charge >= 0.3 is 5.97 Å². The third-order valence-electron chi connectivity index (χ3n) is 3.03. The molecule has 1 aliphatic rings. The van der Waals surface area contributed by atoms with Gasteiger partial charge in [-0.1, -0.05) is 19.8 Å². The number of ether oxygens (including phenoxy) is 1. The van der Waals surface area contributed by atoms with Crippen LogP contribution in [0.5, 0.6) is 0 Å². The molecule has 1 fully saturated rings. The average molecular weight is 215 g/mol. The van der Waals surface area contributed by atoms with Gasteiger partial charge < -0.3 is 15.2 Å². The Labute approximate surface area is 91.0 Å². The van der Waals surface area contributed by atoms with Gasteiger partial charge in [0.1, 0.15) is 6.04 Å². The number of carboxylic acid groups (broad SMARTS) is 1. The summed E-state index contributed by atoms with van der Waals surface area (Å²) in [6.07, 6.45) is 4.86. The molecule has 0 amide bonds. The summed E-state index contributed by atoms with van der Waals surface area (Å²) in [6, 6.07) is -0.581. The molecule has 15 heavy (non-hydrogen) atoms. The Bertz CT molecular complexity index is 208. The highest BCUT2D eigenvalue weighted by Gasteiger charge is 2.22. The van der Waals surface area contributed by atoms with Crippen molar-refractivity contribution in [1.29, 1.82) is 0 Å². The second kappa shape index (κ2) is 6.08. The maximum atomic E-state index is 10.7. The van der Waals surface area contributed by atoms with Gasteiger partial charge in [-0.3, -0.25) is 4.79 Å². The first-order chi connectivity index (χ1) is 7.13. The minimum absolute atomic E-state index is 0.254. The highest BCUT2D eigenvalue weighted by Crippen LogP contribution is 2.25. The van der Waals surface area contributed by atoms with Crippen LogP contribution < -0.4 is 5.32 Å². The fourth-order valence-electron chi connectivity index (χ4n) is 2.04. The predicted molar refractivity (Wildman–Crippen MR) is 57.9 cm³/mol. The molecule has 4 heteroatoms. The number of hydrogen-bond acceptors (Lipinski definition) is 3. The second-order valence-corrected chi connectivity index (χ2v) is 4.41. The number of nitrogens with one attached hydrogen (secondary N) is 1. The van der Waals surface area contributed by atoms with E-state index in [2.05, 4.69) is 12.2 Å². The summed E-state index contributed by atoms with van der Waals surface area (Å²) in [6.45, 7) is 2.49. The number of carboxylic acids is 1. The molecule has 3 atom stereocenters. The zero-order valence-electron chi connectivity index (χ0n) is 9.53. The number of likely N-dealkylation sites (N-methyl/N-ethyl adjacent to an activating group) is 1. The van der Waals surface area contributed by atoms with Gasteiger partial charge in [-0.15, -0.1) is 0 Å². The van der Waals surface area contributed by atoms with Crippen LogP contribution in [0.25, 0.3) is 0 Å². The van der Waals surface area contributed by atoms with Gasteiger partial charge in [0.25, 0.3) is 0 Å². The van der Waals surface area contributed by atoms with Crippen molar-refractivity contribution in [2.45, 2.75) is 44.8 Å². The van der Waals surface area contributed by atoms with E-state index in [1.54, 1.807) is 7.05 Å². The highest BCUT2D eigenvalue weighted by atomic mass is 16.5. The molecule has 1 saturated carbocycles. The Kier molecular flexibility index (Phi) is 5.05. The van der Waals surface area contributed by atoms with Crippen LogP contribution in [0.4, 0.5) is 0 Å². The Morgan fingerprint density at radius 2 is 2.33 bits per heavy atom. The van der Waals surface area contributed by atoms with Crippen molar-refractivity contribution in [3.63, 3.8) is 0 Å². The minimum atomic E-state index is -0.846. The molecule has 0 radical (unpaired) electrons. The standard InChI is InChI=1S/C11H21NO3/c1-8-4-3-5-9(6-8)15-7-10(12-2)11(13)14/h8-10,12H,3-7H2,1-2H3,(H,13,14). The highest BCUT2D eigenvalue weighted by molar-refractivity contribution is 5.73. The van der Waals surface area contributed by atoms with Crippen LogP contribution in [0.3, 0.4) is 0 Å². The molecule has 0 bridgehead atoms. The summed E-state index contributed by atoms with van der Waals surface area (Å²) in [4.78, 5) is 10.7. The van der Waals surface area contributed by atoms with Crippen LogP contribution in [-0.4, -0.2) is 36.9 Å². The van der Waals surface area contributed by atoms with Gasteiger partial charge in [0.2, 0.25) is 0 Å². The van der Waals surface area contributed by atoms with Gasteiger partial charge in [0.05, 0.1) is 12.7 Å². The molecule has 88 valence electrons. The van der Waals surface area contributed by atoms with Crippen molar-refractivity contribution < 1.29 is 14.6 Å². The summed E-state index contributed by atoms with van der Waals surface area (Å²) in [7, 11) is 1.64. The lowest BCUT2D eigenvalue weighted by Crippen LogP contribution is -2.39. The van der Waals surface area contributed by atoms with Crippen molar-refractivity contribution in [1.82, 2.24) is 5.32 Å². The summed E-state index contributed by atoms with van der Waals surface area (Å²) < 4.78 is 5.62. The van der Waals surface area contributed by atoms with Crippen molar-refractivity contribution in [3.8, 4) is 0 Å². The zero-order chi connectivity index (χ0) is 11.3. The van der Waals surface area contributed by atoms with E-state index in [-0.39, 0.29) is 12.7 Å². The number of aliphatic carboxylic acids is 1. The van der Waals surface area contributed by atoms with Crippen LogP contribution in [0.1, 0.15) is 32.6 Å². The lowest BCUT2D eigenvalue weighted by Gasteiger charge is -2.27. The molecule has 2 N–H and O–H groups in total. The first-order valence-corrected chi connectivity index (χ1v) is 5.65. The van der Waals surface area contributed by atoms with E-state index < -0.39 is 12.0 Å². The molecule has 0 aromatic carbocycles. The first kappa shape index (κ1) is 12.5. The molecular formula is C11H21NO3. The molecular weight excluding hydrogens is 194 g/mol. The second-order valence-electron chi connectivity index (χ2n) is 4.41. The molecule has 0 heterocycles. The lowest BCUT2D eigenvalue weighted by atomic mass is 9.89. The van der Waals surface area contributed by atoms with Crippen LogP contribution in [0.15, 0.2) is 0 Å². The van der Waals surface area contributed by atoms with E-state index in [1.165, 1.54) is 12.8 Å². The van der Waals surface area contributed by atoms with Crippen LogP contribution in [0.2, 0.25) is 0 Å². The number of hydrogen-bond donors (Lipinski definition) is 2. The van der Waals surface area contributed by atoms with E-state index in [9.17, 15) is 4.79 Å². The first-order valence-electron chi connectivity index (χ1n) is 5.65. The van der Waals surface area contributed by atoms with E-state index in [0.29, 0.717) is 5.92 Å². The van der Waals surface area contributed by atoms with Gasteiger partial charge in [-0.05, 0) is 25.8 Å². The predicted octanol–water partition coefficient (Wildman–Crippen LogP) is 1.25. The van der Waals surface area contributed by atoms with Crippen molar-refractivity contribution in [2.24, 2.45) is 5.92 Å². The van der Waals surface area contributed by atoms with E-state index in [1.807, 2.05) is 0 Å². The molecule has 0 saturated heterocycles. The monoisotopic (exact) mass is 215 g/mol. The summed E-state index contributed by atoms with van der Waals surface area (Å²) >= 11 is 0. The normalized spacial score (nSPS) is 28.7. The average Bonchev–Trinajstić information content (AvgIpc) is 2.18. The quantitative estimate of drug-likeness (QED) is 0.724. The van der Waals surface area contributed by atoms with Gasteiger partial charge in [0, 0.05) is 0 Å².